The van der Waals surface area contributed by atoms with Gasteiger partial charge in [-0.15, -0.1) is 0 Å². The van der Waals surface area contributed by atoms with Crippen molar-refractivity contribution >= 4 is 38.6 Å². The number of halogens is 3. The van der Waals surface area contributed by atoms with Gasteiger partial charge in [-0.05, 0) is 36.4 Å². The van der Waals surface area contributed by atoms with Gasteiger partial charge in [-0.2, -0.15) is 5.10 Å². The summed E-state index contributed by atoms with van der Waals surface area (Å²) in [6.07, 6.45) is 2.84. The van der Waals surface area contributed by atoms with E-state index in [0.717, 1.165) is 10.2 Å². The van der Waals surface area contributed by atoms with Gasteiger partial charge in [0.2, 0.25) is 0 Å². The van der Waals surface area contributed by atoms with Gasteiger partial charge < -0.3 is 0 Å². The minimum atomic E-state index is -0.463. The van der Waals surface area contributed by atoms with Crippen molar-refractivity contribution in [3.05, 3.63) is 86.2 Å². The average molecular weight is 434 g/mol. The minimum Gasteiger partial charge on any atom is -0.294 e. The Morgan fingerprint density at radius 2 is 1.92 bits per heavy atom. The lowest BCUT2D eigenvalue weighted by atomic mass is 10.2. The van der Waals surface area contributed by atoms with Crippen molar-refractivity contribution in [2.75, 3.05) is 0 Å². The zero-order chi connectivity index (χ0) is 18.3. The Kier molecular flexibility index (Phi) is 4.34. The first kappa shape index (κ1) is 16.9. The Morgan fingerprint density at radius 3 is 2.65 bits per heavy atom. The molecule has 0 bridgehead atoms. The van der Waals surface area contributed by atoms with E-state index in [-0.39, 0.29) is 22.7 Å². The smallest absolute Gasteiger partial charge is 0.264 e. The van der Waals surface area contributed by atoms with Crippen molar-refractivity contribution in [1.82, 2.24) is 19.3 Å². The molecule has 0 unspecified atom stereocenters. The van der Waals surface area contributed by atoms with Crippen molar-refractivity contribution in [1.29, 1.82) is 0 Å². The Morgan fingerprint density at radius 1 is 1.15 bits per heavy atom. The molecule has 4 rings (SSSR count). The van der Waals surface area contributed by atoms with E-state index in [2.05, 4.69) is 26.0 Å². The molecule has 2 heterocycles. The quantitative estimate of drug-likeness (QED) is 0.487. The topological polar surface area (TPSA) is 52.7 Å². The van der Waals surface area contributed by atoms with Gasteiger partial charge in [0.05, 0.1) is 18.4 Å². The first-order valence-corrected chi connectivity index (χ1v) is 8.83. The molecule has 2 aromatic heterocycles. The van der Waals surface area contributed by atoms with E-state index in [1.165, 1.54) is 29.2 Å². The van der Waals surface area contributed by atoms with E-state index in [9.17, 15) is 9.18 Å². The summed E-state index contributed by atoms with van der Waals surface area (Å²) in [5, 5.41) is 4.88. The van der Waals surface area contributed by atoms with Gasteiger partial charge in [0.15, 0.2) is 5.65 Å². The van der Waals surface area contributed by atoms with E-state index < -0.39 is 5.82 Å². The van der Waals surface area contributed by atoms with Gasteiger partial charge in [-0.1, -0.05) is 33.6 Å². The molecule has 0 saturated carbocycles. The summed E-state index contributed by atoms with van der Waals surface area (Å²) in [5.41, 5.74) is 1.16. The first-order chi connectivity index (χ1) is 12.5. The molecule has 0 radical (unpaired) electrons. The summed E-state index contributed by atoms with van der Waals surface area (Å²) in [7, 11) is 0. The average Bonchev–Trinajstić information content (AvgIpc) is 3.05. The predicted octanol–water partition coefficient (Wildman–Crippen LogP) is 4.19. The molecule has 0 saturated heterocycles. The maximum Gasteiger partial charge on any atom is 0.264 e. The Bertz CT molecular complexity index is 1150. The second-order valence-corrected chi connectivity index (χ2v) is 6.97. The van der Waals surface area contributed by atoms with Crippen LogP contribution in [0, 0.1) is 5.82 Å². The van der Waals surface area contributed by atoms with Crippen LogP contribution in [0.2, 0.25) is 5.02 Å². The fourth-order valence-electron chi connectivity index (χ4n) is 2.69. The molecule has 2 aromatic carbocycles. The van der Waals surface area contributed by atoms with Gasteiger partial charge >= 0.3 is 0 Å². The molecule has 0 aliphatic rings. The lowest BCUT2D eigenvalue weighted by Crippen LogP contribution is -2.21. The molecule has 8 heteroatoms. The number of benzene rings is 2. The molecule has 4 aromatic rings. The van der Waals surface area contributed by atoms with Gasteiger partial charge in [-0.25, -0.2) is 14.1 Å². The van der Waals surface area contributed by atoms with Crippen LogP contribution in [0.4, 0.5) is 4.39 Å². The fraction of sp³-hybridized carbons (Fsp3) is 0.0556. The van der Waals surface area contributed by atoms with Crippen LogP contribution in [-0.4, -0.2) is 19.3 Å². The molecule has 0 aliphatic heterocycles. The number of aromatic nitrogens is 4. The van der Waals surface area contributed by atoms with Crippen LogP contribution in [0.25, 0.3) is 16.7 Å². The molecular weight excluding hydrogens is 423 g/mol. The van der Waals surface area contributed by atoms with Crippen LogP contribution < -0.4 is 5.56 Å². The van der Waals surface area contributed by atoms with Crippen LogP contribution in [0.3, 0.4) is 0 Å². The van der Waals surface area contributed by atoms with Gasteiger partial charge in [0.1, 0.15) is 17.5 Å². The highest BCUT2D eigenvalue weighted by Gasteiger charge is 2.14. The van der Waals surface area contributed by atoms with E-state index in [4.69, 9.17) is 11.6 Å². The Labute approximate surface area is 160 Å². The third-order valence-electron chi connectivity index (χ3n) is 4.02. The van der Waals surface area contributed by atoms with Crippen molar-refractivity contribution in [2.24, 2.45) is 0 Å². The zero-order valence-electron chi connectivity index (χ0n) is 13.2. The molecule has 0 N–H and O–H groups in total. The third-order valence-corrected chi connectivity index (χ3v) is 4.90. The zero-order valence-corrected chi connectivity index (χ0v) is 15.6. The molecule has 5 nitrogen and oxygen atoms in total. The lowest BCUT2D eigenvalue weighted by Gasteiger charge is -2.09. The second-order valence-electron chi connectivity index (χ2n) is 5.65. The molecule has 0 amide bonds. The molecule has 130 valence electrons. The first-order valence-electron chi connectivity index (χ1n) is 7.66. The summed E-state index contributed by atoms with van der Waals surface area (Å²) in [6, 6.07) is 11.9. The van der Waals surface area contributed by atoms with E-state index in [1.54, 1.807) is 10.7 Å². The van der Waals surface area contributed by atoms with Crippen LogP contribution in [0.5, 0.6) is 0 Å². The lowest BCUT2D eigenvalue weighted by molar-refractivity contribution is 0.595. The van der Waals surface area contributed by atoms with E-state index in [1.807, 2.05) is 24.3 Å². The summed E-state index contributed by atoms with van der Waals surface area (Å²) in [4.78, 5) is 17.1. The van der Waals surface area contributed by atoms with Crippen molar-refractivity contribution in [3.8, 4) is 5.69 Å². The number of nitrogens with zero attached hydrogens (tertiary/aromatic N) is 4. The summed E-state index contributed by atoms with van der Waals surface area (Å²) >= 11 is 9.43. The van der Waals surface area contributed by atoms with Gasteiger partial charge in [0, 0.05) is 15.1 Å². The molecule has 0 fully saturated rings. The highest BCUT2D eigenvalue weighted by molar-refractivity contribution is 9.10. The number of fused-ring (bicyclic) bond motifs is 1. The summed E-state index contributed by atoms with van der Waals surface area (Å²) in [6.45, 7) is -0.00323. The highest BCUT2D eigenvalue weighted by atomic mass is 79.9. The number of rotatable bonds is 3. The third kappa shape index (κ3) is 2.93. The SMILES string of the molecule is O=c1c2cnn(-c3ccc(Br)cc3)c2ncn1Cc1c(F)cccc1Cl. The maximum absolute atomic E-state index is 14.0. The monoisotopic (exact) mass is 432 g/mol. The van der Waals surface area contributed by atoms with E-state index >= 15 is 0 Å². The predicted molar refractivity (Wildman–Crippen MR) is 101 cm³/mol. The maximum atomic E-state index is 14.0. The summed E-state index contributed by atoms with van der Waals surface area (Å²) in [5.74, 6) is -0.463. The van der Waals surface area contributed by atoms with Crippen molar-refractivity contribution in [2.45, 2.75) is 6.54 Å². The van der Waals surface area contributed by atoms with Crippen LogP contribution in [-0.2, 0) is 6.54 Å². The van der Waals surface area contributed by atoms with Gasteiger partial charge in [0.25, 0.3) is 5.56 Å². The van der Waals surface area contributed by atoms with Crippen LogP contribution in [0.1, 0.15) is 5.56 Å². The van der Waals surface area contributed by atoms with E-state index in [0.29, 0.717) is 11.0 Å². The van der Waals surface area contributed by atoms with Crippen LogP contribution >= 0.6 is 27.5 Å². The number of hydrogen-bond acceptors (Lipinski definition) is 3. The fourth-order valence-corrected chi connectivity index (χ4v) is 3.17. The standard InChI is InChI=1S/C18H11BrClFN4O/c19-11-4-6-12(7-5-11)25-17-13(8-23-25)18(26)24(10-22-17)9-14-15(20)2-1-3-16(14)21/h1-8,10H,9H2. The Hall–Kier alpha value is -2.51. The molecule has 0 atom stereocenters. The largest absolute Gasteiger partial charge is 0.294 e. The normalized spacial score (nSPS) is 11.2. The van der Waals surface area contributed by atoms with Crippen molar-refractivity contribution < 1.29 is 4.39 Å². The van der Waals surface area contributed by atoms with Gasteiger partial charge in [-0.3, -0.25) is 9.36 Å². The molecule has 0 aliphatic carbocycles. The van der Waals surface area contributed by atoms with Crippen LogP contribution in [0.15, 0.2) is 64.3 Å². The summed E-state index contributed by atoms with van der Waals surface area (Å²) < 4.78 is 17.8. The Balaban J connectivity index is 1.79. The molecular formula is C18H11BrClFN4O. The van der Waals surface area contributed by atoms with Crippen molar-refractivity contribution in [3.63, 3.8) is 0 Å². The highest BCUT2D eigenvalue weighted by Crippen LogP contribution is 2.20. The second kappa shape index (κ2) is 6.66. The number of hydrogen-bond donors (Lipinski definition) is 0. The minimum absolute atomic E-state index is 0.00323. The molecule has 26 heavy (non-hydrogen) atoms. The molecule has 0 spiro atoms.